The highest BCUT2D eigenvalue weighted by molar-refractivity contribution is 5.41. The first-order valence-corrected chi connectivity index (χ1v) is 5.20. The molecular weight excluding hydrogens is 218 g/mol. The summed E-state index contributed by atoms with van der Waals surface area (Å²) in [6, 6.07) is 10.7. The number of hydrogen-bond donors (Lipinski definition) is 1. The second kappa shape index (κ2) is 5.32. The van der Waals surface area contributed by atoms with E-state index in [2.05, 4.69) is 4.98 Å². The number of pyridine rings is 1. The van der Waals surface area contributed by atoms with Crippen LogP contribution in [0.15, 0.2) is 42.6 Å². The average molecular weight is 231 g/mol. The van der Waals surface area contributed by atoms with E-state index in [1.54, 1.807) is 31.5 Å². The highest BCUT2D eigenvalue weighted by Crippen LogP contribution is 2.29. The maximum absolute atomic E-state index is 9.02. The summed E-state index contributed by atoms with van der Waals surface area (Å²) >= 11 is 0. The minimum Gasteiger partial charge on any atom is -0.493 e. The fraction of sp³-hybridized carbons (Fsp3) is 0.154. The van der Waals surface area contributed by atoms with Gasteiger partial charge in [0.15, 0.2) is 11.5 Å². The largest absolute Gasteiger partial charge is 0.493 e. The summed E-state index contributed by atoms with van der Waals surface area (Å²) in [6.45, 7) is -0.0369. The van der Waals surface area contributed by atoms with Crippen molar-refractivity contribution in [1.82, 2.24) is 4.98 Å². The monoisotopic (exact) mass is 231 g/mol. The summed E-state index contributed by atoms with van der Waals surface area (Å²) in [5.41, 5.74) is 0.755. The van der Waals surface area contributed by atoms with Crippen LogP contribution in [-0.4, -0.2) is 17.2 Å². The second-order valence-electron chi connectivity index (χ2n) is 3.41. The Balaban J connectivity index is 2.24. The number of ether oxygens (including phenoxy) is 2. The smallest absolute Gasteiger partial charge is 0.219 e. The van der Waals surface area contributed by atoms with Crippen LogP contribution in [-0.2, 0) is 6.61 Å². The van der Waals surface area contributed by atoms with Gasteiger partial charge in [-0.15, -0.1) is 0 Å². The van der Waals surface area contributed by atoms with Gasteiger partial charge in [0.2, 0.25) is 5.88 Å². The molecule has 1 N–H and O–H groups in total. The predicted octanol–water partition coefficient (Wildman–Crippen LogP) is 2.37. The van der Waals surface area contributed by atoms with Crippen LogP contribution >= 0.6 is 0 Å². The minimum absolute atomic E-state index is 0.0369. The SMILES string of the molecule is COc1ccccc1Oc1cc(CO)ccn1. The Hall–Kier alpha value is -2.07. The zero-order valence-electron chi connectivity index (χ0n) is 9.46. The molecule has 17 heavy (non-hydrogen) atoms. The minimum atomic E-state index is -0.0369. The lowest BCUT2D eigenvalue weighted by molar-refractivity contribution is 0.281. The van der Waals surface area contributed by atoms with Crippen LogP contribution in [0.1, 0.15) is 5.56 Å². The third kappa shape index (κ3) is 2.73. The molecule has 4 nitrogen and oxygen atoms in total. The molecule has 0 aliphatic rings. The summed E-state index contributed by atoms with van der Waals surface area (Å²) in [5.74, 6) is 1.67. The molecule has 1 aromatic carbocycles. The third-order valence-corrected chi connectivity index (χ3v) is 2.27. The lowest BCUT2D eigenvalue weighted by atomic mass is 10.3. The summed E-state index contributed by atoms with van der Waals surface area (Å²) in [5, 5.41) is 9.02. The number of methoxy groups -OCH3 is 1. The molecule has 0 bridgehead atoms. The van der Waals surface area contributed by atoms with Gasteiger partial charge in [0, 0.05) is 12.3 Å². The van der Waals surface area contributed by atoms with Gasteiger partial charge in [0.05, 0.1) is 13.7 Å². The van der Waals surface area contributed by atoms with Crippen LogP contribution in [0.2, 0.25) is 0 Å². The van der Waals surface area contributed by atoms with E-state index in [1.807, 2.05) is 18.2 Å². The topological polar surface area (TPSA) is 51.6 Å². The molecule has 0 fully saturated rings. The Morgan fingerprint density at radius 3 is 2.65 bits per heavy atom. The fourth-order valence-electron chi connectivity index (χ4n) is 1.42. The summed E-state index contributed by atoms with van der Waals surface area (Å²) in [4.78, 5) is 4.07. The third-order valence-electron chi connectivity index (χ3n) is 2.27. The molecule has 4 heteroatoms. The lowest BCUT2D eigenvalue weighted by Gasteiger charge is -2.09. The van der Waals surface area contributed by atoms with Crippen LogP contribution in [0.25, 0.3) is 0 Å². The van der Waals surface area contributed by atoms with E-state index in [1.165, 1.54) is 0 Å². The van der Waals surface area contributed by atoms with Crippen molar-refractivity contribution in [2.75, 3.05) is 7.11 Å². The maximum Gasteiger partial charge on any atom is 0.219 e. The number of nitrogens with zero attached hydrogens (tertiary/aromatic N) is 1. The zero-order valence-corrected chi connectivity index (χ0v) is 9.46. The Kier molecular flexibility index (Phi) is 3.57. The van der Waals surface area contributed by atoms with E-state index in [0.29, 0.717) is 17.4 Å². The van der Waals surface area contributed by atoms with Gasteiger partial charge >= 0.3 is 0 Å². The van der Waals surface area contributed by atoms with Gasteiger partial charge in [-0.25, -0.2) is 4.98 Å². The molecule has 0 radical (unpaired) electrons. The molecular formula is C13H13NO3. The molecule has 0 atom stereocenters. The number of benzene rings is 1. The van der Waals surface area contributed by atoms with E-state index >= 15 is 0 Å². The van der Waals surface area contributed by atoms with Crippen LogP contribution in [0.4, 0.5) is 0 Å². The summed E-state index contributed by atoms with van der Waals surface area (Å²) < 4.78 is 10.8. The van der Waals surface area contributed by atoms with Gasteiger partial charge < -0.3 is 14.6 Å². The second-order valence-corrected chi connectivity index (χ2v) is 3.41. The van der Waals surface area contributed by atoms with E-state index in [4.69, 9.17) is 14.6 Å². The fourth-order valence-corrected chi connectivity index (χ4v) is 1.42. The van der Waals surface area contributed by atoms with Crippen LogP contribution in [0.3, 0.4) is 0 Å². The van der Waals surface area contributed by atoms with Gasteiger partial charge in [0.1, 0.15) is 0 Å². The molecule has 0 aliphatic heterocycles. The molecule has 88 valence electrons. The van der Waals surface area contributed by atoms with Crippen molar-refractivity contribution in [3.8, 4) is 17.4 Å². The van der Waals surface area contributed by atoms with Gasteiger partial charge in [-0.2, -0.15) is 0 Å². The molecule has 1 heterocycles. The van der Waals surface area contributed by atoms with Crippen molar-refractivity contribution < 1.29 is 14.6 Å². The maximum atomic E-state index is 9.02. The van der Waals surface area contributed by atoms with Gasteiger partial charge in [-0.05, 0) is 23.8 Å². The van der Waals surface area contributed by atoms with Crippen molar-refractivity contribution in [1.29, 1.82) is 0 Å². The Labute approximate surface area is 99.5 Å². The standard InChI is InChI=1S/C13H13NO3/c1-16-11-4-2-3-5-12(11)17-13-8-10(9-15)6-7-14-13/h2-8,15H,9H2,1H3. The number of aliphatic hydroxyl groups is 1. The van der Waals surface area contributed by atoms with E-state index in [-0.39, 0.29) is 6.61 Å². The number of aromatic nitrogens is 1. The van der Waals surface area contributed by atoms with Gasteiger partial charge in [-0.1, -0.05) is 12.1 Å². The molecule has 0 saturated heterocycles. The highest BCUT2D eigenvalue weighted by Gasteiger charge is 2.05. The zero-order chi connectivity index (χ0) is 12.1. The summed E-state index contributed by atoms with van der Waals surface area (Å²) in [6.07, 6.45) is 1.59. The van der Waals surface area contributed by atoms with Crippen molar-refractivity contribution in [2.45, 2.75) is 6.61 Å². The molecule has 1 aromatic heterocycles. The molecule has 0 unspecified atom stereocenters. The highest BCUT2D eigenvalue weighted by atomic mass is 16.5. The summed E-state index contributed by atoms with van der Waals surface area (Å²) in [7, 11) is 1.58. The van der Waals surface area contributed by atoms with Gasteiger partial charge in [-0.3, -0.25) is 0 Å². The van der Waals surface area contributed by atoms with Gasteiger partial charge in [0.25, 0.3) is 0 Å². The van der Waals surface area contributed by atoms with Crippen LogP contribution in [0, 0.1) is 0 Å². The van der Waals surface area contributed by atoms with Crippen molar-refractivity contribution >= 4 is 0 Å². The van der Waals surface area contributed by atoms with Crippen molar-refractivity contribution in [3.63, 3.8) is 0 Å². The lowest BCUT2D eigenvalue weighted by Crippen LogP contribution is -1.93. The Morgan fingerprint density at radius 1 is 1.18 bits per heavy atom. The Morgan fingerprint density at radius 2 is 1.94 bits per heavy atom. The Bertz CT molecular complexity index is 500. The molecule has 0 amide bonds. The molecule has 0 saturated carbocycles. The first kappa shape index (κ1) is 11.4. The molecule has 2 aromatic rings. The van der Waals surface area contributed by atoms with Crippen molar-refractivity contribution in [3.05, 3.63) is 48.2 Å². The number of aliphatic hydroxyl groups excluding tert-OH is 1. The first-order chi connectivity index (χ1) is 8.33. The predicted molar refractivity (Wildman–Crippen MR) is 63.2 cm³/mol. The molecule has 2 rings (SSSR count). The van der Waals surface area contributed by atoms with Crippen LogP contribution in [0.5, 0.6) is 17.4 Å². The van der Waals surface area contributed by atoms with Crippen molar-refractivity contribution in [2.24, 2.45) is 0 Å². The number of hydrogen-bond acceptors (Lipinski definition) is 4. The molecule has 0 aliphatic carbocycles. The number of rotatable bonds is 4. The normalized spacial score (nSPS) is 10.0. The van der Waals surface area contributed by atoms with E-state index in [0.717, 1.165) is 5.56 Å². The molecule has 0 spiro atoms. The van der Waals surface area contributed by atoms with E-state index < -0.39 is 0 Å². The van der Waals surface area contributed by atoms with E-state index in [9.17, 15) is 0 Å². The average Bonchev–Trinajstić information content (AvgIpc) is 2.39. The first-order valence-electron chi connectivity index (χ1n) is 5.20. The quantitative estimate of drug-likeness (QED) is 0.877. The van der Waals surface area contributed by atoms with Crippen LogP contribution < -0.4 is 9.47 Å². The number of para-hydroxylation sites is 2.